The van der Waals surface area contributed by atoms with Crippen LogP contribution in [0.1, 0.15) is 223 Å². The van der Waals surface area contributed by atoms with Crippen molar-refractivity contribution in [1.29, 1.82) is 5.26 Å². The average Bonchev–Trinajstić information content (AvgIpc) is 1.61. The van der Waals surface area contributed by atoms with Crippen LogP contribution in [0.3, 0.4) is 0 Å². The molecule has 9 N–H and O–H groups in total. The molecule has 0 amide bonds. The molecular weight excluding hydrogens is 1730 g/mol. The normalized spacial score (nSPS) is 18.0. The molecule has 0 spiro atoms. The smallest absolute Gasteiger partial charge is 0.335 e. The van der Waals surface area contributed by atoms with Crippen molar-refractivity contribution in [3.8, 4) is 6.07 Å². The third-order valence-corrected chi connectivity index (χ3v) is 26.3. The Morgan fingerprint density at radius 2 is 0.748 bits per heavy atom. The molecule has 3 saturated heterocycles. The molecule has 10 aromatic carbocycles. The Morgan fingerprint density at radius 1 is 0.374 bits per heavy atom. The molecule has 3 aliphatic heterocycles. The van der Waals surface area contributed by atoms with E-state index >= 15 is 0 Å². The van der Waals surface area contributed by atoms with Crippen molar-refractivity contribution in [3.63, 3.8) is 0 Å². The Bertz CT molecular complexity index is 5440. The number of likely N-dealkylation sites (N-methyl/N-ethyl adjacent to an activating group) is 2. The number of nitrogens with zero attached hydrogens (tertiary/aromatic N) is 12. The molecule has 0 aromatic heterocycles. The first-order valence-corrected chi connectivity index (χ1v) is 50.5. The summed E-state index contributed by atoms with van der Waals surface area (Å²) in [4.78, 5) is 62.2. The van der Waals surface area contributed by atoms with Crippen LogP contribution in [-0.2, 0) is 9.47 Å². The monoisotopic (exact) mass is 1880 g/mol. The maximum Gasteiger partial charge on any atom is 0.335 e. The number of rotatable bonds is 17. The Morgan fingerprint density at radius 3 is 1.19 bits per heavy atom. The molecule has 2 unspecified atom stereocenters. The number of carboxylic acid groups (broad SMARTS) is 2. The van der Waals surface area contributed by atoms with Crippen molar-refractivity contribution in [1.82, 2.24) is 40.4 Å². The number of nitrogens with one attached hydrogen (secondary N) is 7. The van der Waals surface area contributed by atoms with Crippen molar-refractivity contribution in [2.24, 2.45) is 30.0 Å². The minimum Gasteiger partial charge on any atom is -0.478 e. The van der Waals surface area contributed by atoms with E-state index in [9.17, 15) is 9.59 Å². The van der Waals surface area contributed by atoms with Gasteiger partial charge in [-0.3, -0.25) is 0 Å². The second-order valence-corrected chi connectivity index (χ2v) is 37.4. The van der Waals surface area contributed by atoms with E-state index in [4.69, 9.17) is 49.9 Å². The van der Waals surface area contributed by atoms with Crippen LogP contribution in [0, 0.1) is 11.3 Å². The van der Waals surface area contributed by atoms with Crippen LogP contribution in [0.25, 0.3) is 10.8 Å². The fraction of sp³-hybridized carbons (Fsp3) is 0.412. The number of anilines is 4. The van der Waals surface area contributed by atoms with E-state index in [1.54, 1.807) is 24.3 Å². The molecule has 8 aliphatic rings. The van der Waals surface area contributed by atoms with Gasteiger partial charge in [-0.05, 0) is 209 Å². The number of nitriles is 1. The minimum absolute atomic E-state index is 0.214. The lowest BCUT2D eigenvalue weighted by Crippen LogP contribution is -2.51. The zero-order valence-corrected chi connectivity index (χ0v) is 82.3. The van der Waals surface area contributed by atoms with Gasteiger partial charge >= 0.3 is 11.9 Å². The standard InChI is InChI=1S/C23H23N3.C20H28N4.C20H29N3O2.C20H17N3O2.C16H29N3O2.C15H19N3/c1-25-21(18-12-6-3-7-13-18)22(19-14-8-4-9-15-19)26(2)23(25)24-20-16-10-5-11-17-20;21-15-16-11-13-19(14-12-16)24-20(22-17-7-3-1-4-8-17)23-18-9-5-2-6-10-18;2*24-19(25)15-11-13-18(14-12-15)23-20(21-16-7-3-1-4-8-16)22-17-9-5-2-6-10-17;1-2-4-14(5-3-1)17-16(19-8-12-21-13-9-19)18-15-6-10-20-11-7-15;1-17(2)15(18(3)4)16-14-11-7-9-12-8-5-6-10-13(12)14/h3-17,21-22H,1-2H3;11-14,17-18H,1-10H2,(H2,22,23,24);11-14,16-17H,1-10H2,(H,24,25)(H2,21,22,23);1-14H,(H,24,25)(H2,21,22,23);14-15H,1-13H2,(H,17,18);5-11H,1-4H3. The van der Waals surface area contributed by atoms with E-state index < -0.39 is 11.9 Å². The highest BCUT2D eigenvalue weighted by Gasteiger charge is 2.42. The SMILES string of the molecule is C1CCC(NC(=NC2CCOCC2)N2CCOCC2)CC1.CN(C)C(=Nc1cccc2ccccc12)N(C)C.CN1C(=Nc2ccccc2)N(C)C(c2ccccc2)C1c1ccccc1.N#Cc1ccc(NC(=NC2CCCCC2)NC2CCCCC2)cc1.O=C(O)c1ccc(N=C(Nc2ccccc2)Nc2ccccc2)cc1.O=C(O)c1ccc(NC(=NC2CCCCC2)NC2CCCCC2)cc1. The summed E-state index contributed by atoms with van der Waals surface area (Å²) in [5.41, 5.74) is 10.1. The van der Waals surface area contributed by atoms with Gasteiger partial charge in [-0.15, -0.1) is 0 Å². The van der Waals surface area contributed by atoms with Crippen LogP contribution in [0.2, 0.25) is 0 Å². The third-order valence-electron chi connectivity index (χ3n) is 26.3. The fourth-order valence-corrected chi connectivity index (χ4v) is 18.9. The summed E-state index contributed by atoms with van der Waals surface area (Å²) in [7, 11) is 12.3. The second kappa shape index (κ2) is 55.7. The summed E-state index contributed by atoms with van der Waals surface area (Å²) in [5.74, 6) is 3.49. The summed E-state index contributed by atoms with van der Waals surface area (Å²) < 4.78 is 10.9. The maximum absolute atomic E-state index is 11.0. The molecule has 0 bridgehead atoms. The number of para-hydroxylation sites is 3. The lowest BCUT2D eigenvalue weighted by Gasteiger charge is -2.34. The van der Waals surface area contributed by atoms with Crippen molar-refractivity contribution in [2.75, 3.05) is 103 Å². The second-order valence-electron chi connectivity index (χ2n) is 37.4. The molecule has 0 radical (unpaired) electrons. The lowest BCUT2D eigenvalue weighted by atomic mass is 9.93. The van der Waals surface area contributed by atoms with Crippen LogP contribution >= 0.6 is 0 Å². The molecule has 139 heavy (non-hydrogen) atoms. The van der Waals surface area contributed by atoms with E-state index in [-0.39, 0.29) is 17.6 Å². The number of aromatic carboxylic acids is 2. The molecule has 18 rings (SSSR count). The summed E-state index contributed by atoms with van der Waals surface area (Å²) in [6.07, 6.45) is 34.0. The van der Waals surface area contributed by atoms with E-state index in [2.05, 4.69) is 168 Å². The number of fused-ring (bicyclic) bond motifs is 1. The molecule has 3 heterocycles. The highest BCUT2D eigenvalue weighted by molar-refractivity contribution is 6.05. The molecule has 25 heteroatoms. The van der Waals surface area contributed by atoms with Gasteiger partial charge in [-0.25, -0.2) is 39.5 Å². The molecule has 10 aromatic rings. The largest absolute Gasteiger partial charge is 0.478 e. The predicted molar refractivity (Wildman–Crippen MR) is 571 cm³/mol. The van der Waals surface area contributed by atoms with Gasteiger partial charge in [0, 0.05) is 115 Å². The van der Waals surface area contributed by atoms with Crippen LogP contribution in [0.5, 0.6) is 0 Å². The number of hydrogen-bond donors (Lipinski definition) is 9. The van der Waals surface area contributed by atoms with Gasteiger partial charge in [0.1, 0.15) is 0 Å². The van der Waals surface area contributed by atoms with Crippen molar-refractivity contribution in [3.05, 3.63) is 295 Å². The number of carboxylic acids is 2. The molecule has 5 saturated carbocycles. The molecule has 25 nitrogen and oxygen atoms in total. The average molecular weight is 1880 g/mol. The molecule has 5 aliphatic carbocycles. The third kappa shape index (κ3) is 33.6. The van der Waals surface area contributed by atoms with Gasteiger partial charge < -0.3 is 81.4 Å². The zero-order chi connectivity index (χ0) is 97.0. The van der Waals surface area contributed by atoms with Crippen molar-refractivity contribution < 1.29 is 29.3 Å². The topological polar surface area (TPSA) is 291 Å². The van der Waals surface area contributed by atoms with Crippen molar-refractivity contribution in [2.45, 2.75) is 222 Å². The van der Waals surface area contributed by atoms with Gasteiger partial charge in [-0.2, -0.15) is 5.26 Å². The number of guanidine groups is 6. The first-order chi connectivity index (χ1) is 68.0. The highest BCUT2D eigenvalue weighted by Crippen LogP contribution is 2.44. The van der Waals surface area contributed by atoms with Gasteiger partial charge in [0.2, 0.25) is 17.9 Å². The molecule has 8 fully saturated rings. The van der Waals surface area contributed by atoms with Crippen molar-refractivity contribution >= 4 is 98.3 Å². The Balaban J connectivity index is 0.000000141. The quantitative estimate of drug-likeness (QED) is 0.0302. The van der Waals surface area contributed by atoms with Crippen LogP contribution in [-0.4, -0.2) is 200 Å². The summed E-state index contributed by atoms with van der Waals surface area (Å²) >= 11 is 0. The first-order valence-electron chi connectivity index (χ1n) is 50.5. The number of benzene rings is 10. The van der Waals surface area contributed by atoms with E-state index in [0.717, 1.165) is 129 Å². The summed E-state index contributed by atoms with van der Waals surface area (Å²) in [5, 5.41) is 53.7. The lowest BCUT2D eigenvalue weighted by molar-refractivity contribution is 0.0645. The van der Waals surface area contributed by atoms with Gasteiger partial charge in [0.15, 0.2) is 17.9 Å². The summed E-state index contributed by atoms with van der Waals surface area (Å²) in [6.45, 7) is 5.27. The van der Waals surface area contributed by atoms with Gasteiger partial charge in [0.25, 0.3) is 0 Å². The molecular formula is C114H145N19O6. The number of carbonyl (C=O) groups is 2. The number of morpholine rings is 1. The Hall–Kier alpha value is -13.6. The zero-order valence-electron chi connectivity index (χ0n) is 82.3. The van der Waals surface area contributed by atoms with E-state index in [0.29, 0.717) is 59.0 Å². The van der Waals surface area contributed by atoms with Gasteiger partial charge in [-0.1, -0.05) is 248 Å². The van der Waals surface area contributed by atoms with Crippen LogP contribution in [0.4, 0.5) is 39.8 Å². The van der Waals surface area contributed by atoms with E-state index in [1.807, 2.05) is 178 Å². The van der Waals surface area contributed by atoms with Crippen LogP contribution < -0.4 is 37.2 Å². The van der Waals surface area contributed by atoms with E-state index in [1.165, 1.54) is 182 Å². The summed E-state index contributed by atoms with van der Waals surface area (Å²) in [6, 6.07) is 91.8. The maximum atomic E-state index is 11.0. The molecule has 2 atom stereocenters. The number of aliphatic imine (C=N–C) groups is 6. The Kier molecular flexibility index (Phi) is 41.2. The first kappa shape index (κ1) is 103. The minimum atomic E-state index is -0.958. The number of hydrogen-bond acceptors (Lipinski definition) is 11. The number of ether oxygens (including phenoxy) is 2. The van der Waals surface area contributed by atoms with Gasteiger partial charge in [0.05, 0.1) is 83.2 Å². The highest BCUT2D eigenvalue weighted by atomic mass is 16.5. The Labute approximate surface area is 824 Å². The fourth-order valence-electron chi connectivity index (χ4n) is 18.9. The van der Waals surface area contributed by atoms with Crippen LogP contribution in [0.15, 0.2) is 297 Å². The molecule has 732 valence electrons. The predicted octanol–water partition coefficient (Wildman–Crippen LogP) is 23.3.